The second-order valence-electron chi connectivity index (χ2n) is 7.47. The number of benzene rings is 2. The normalized spacial score (nSPS) is 11.4. The molecule has 0 N–H and O–H groups in total. The third kappa shape index (κ3) is 4.22. The van der Waals surface area contributed by atoms with E-state index in [1.54, 1.807) is 19.1 Å². The van der Waals surface area contributed by atoms with Crippen molar-refractivity contribution in [3.05, 3.63) is 74.6 Å². The van der Waals surface area contributed by atoms with Crippen LogP contribution in [0.25, 0.3) is 27.0 Å². The maximum atomic E-state index is 13.2. The molecule has 0 fully saturated rings. The van der Waals surface area contributed by atoms with Crippen molar-refractivity contribution in [2.24, 2.45) is 7.05 Å². The average molecular weight is 485 g/mol. The van der Waals surface area contributed by atoms with E-state index in [0.717, 1.165) is 17.3 Å². The molecule has 0 aliphatic heterocycles. The van der Waals surface area contributed by atoms with Gasteiger partial charge in [0, 0.05) is 24.1 Å². The van der Waals surface area contributed by atoms with Crippen LogP contribution < -0.4 is 16.0 Å². The maximum Gasteiger partial charge on any atom is 0.431 e. The molecule has 0 aliphatic rings. The monoisotopic (exact) mass is 485 g/mol. The van der Waals surface area contributed by atoms with E-state index in [1.807, 2.05) is 25.1 Å². The molecule has 6 nitrogen and oxygen atoms in total. The van der Waals surface area contributed by atoms with Crippen molar-refractivity contribution in [3.63, 3.8) is 0 Å². The second kappa shape index (κ2) is 8.83. The highest BCUT2D eigenvalue weighted by Crippen LogP contribution is 2.37. The van der Waals surface area contributed by atoms with Crippen molar-refractivity contribution in [3.8, 4) is 34.5 Å². The molecular weight excluding hydrogens is 467 g/mol. The summed E-state index contributed by atoms with van der Waals surface area (Å²) < 4.78 is 51.8. The van der Waals surface area contributed by atoms with Gasteiger partial charge in [-0.3, -0.25) is 9.36 Å². The number of hydrogen-bond acceptors (Lipinski definition) is 5. The lowest BCUT2D eigenvalue weighted by molar-refractivity contribution is -0.144. The first kappa shape index (κ1) is 23.3. The number of aromatic nitrogens is 3. The molecule has 4 aromatic rings. The Morgan fingerprint density at radius 1 is 1.12 bits per heavy atom. The third-order valence-corrected chi connectivity index (χ3v) is 6.02. The lowest BCUT2D eigenvalue weighted by Gasteiger charge is -2.14. The van der Waals surface area contributed by atoms with Crippen LogP contribution in [0.5, 0.6) is 5.75 Å². The van der Waals surface area contributed by atoms with Crippen molar-refractivity contribution < 1.29 is 17.9 Å². The molecule has 0 aliphatic carbocycles. The van der Waals surface area contributed by atoms with Crippen LogP contribution >= 0.6 is 11.5 Å². The molecule has 10 heteroatoms. The van der Waals surface area contributed by atoms with Gasteiger partial charge in [-0.05, 0) is 55.7 Å². The Morgan fingerprint density at radius 2 is 1.88 bits per heavy atom. The van der Waals surface area contributed by atoms with Crippen LogP contribution in [0.15, 0.2) is 52.1 Å². The van der Waals surface area contributed by atoms with Gasteiger partial charge in [-0.1, -0.05) is 17.6 Å². The molecule has 34 heavy (non-hydrogen) atoms. The van der Waals surface area contributed by atoms with Crippen LogP contribution in [0.3, 0.4) is 0 Å². The summed E-state index contributed by atoms with van der Waals surface area (Å²) in [5.74, 6) is 6.17. The fourth-order valence-corrected chi connectivity index (χ4v) is 4.31. The number of aryl methyl sites for hydroxylation is 1. The number of halogens is 3. The van der Waals surface area contributed by atoms with Crippen LogP contribution in [0.1, 0.15) is 18.2 Å². The van der Waals surface area contributed by atoms with Crippen molar-refractivity contribution in [2.75, 3.05) is 6.61 Å². The summed E-state index contributed by atoms with van der Waals surface area (Å²) in [7, 11) is 0.979. The van der Waals surface area contributed by atoms with E-state index in [-0.39, 0.29) is 12.3 Å². The summed E-state index contributed by atoms with van der Waals surface area (Å²) >= 11 is 1.22. The first-order valence-electron chi connectivity index (χ1n) is 10.1. The number of nitrogens with zero attached hydrogens (tertiary/aromatic N) is 3. The van der Waals surface area contributed by atoms with Crippen molar-refractivity contribution in [1.82, 2.24) is 13.5 Å². The van der Waals surface area contributed by atoms with E-state index in [9.17, 15) is 22.8 Å². The summed E-state index contributed by atoms with van der Waals surface area (Å²) in [6.07, 6.45) is -4.83. The molecule has 0 amide bonds. The summed E-state index contributed by atoms with van der Waals surface area (Å²) in [6.45, 7) is 3.82. The topological polar surface area (TPSA) is 66.1 Å². The molecule has 0 atom stereocenters. The van der Waals surface area contributed by atoms with E-state index in [1.165, 1.54) is 17.6 Å². The Kier molecular flexibility index (Phi) is 6.06. The van der Waals surface area contributed by atoms with Crippen molar-refractivity contribution in [1.29, 1.82) is 0 Å². The Morgan fingerprint density at radius 3 is 2.59 bits per heavy atom. The number of alkyl halides is 3. The van der Waals surface area contributed by atoms with E-state index in [0.29, 0.717) is 37.6 Å². The SMILES string of the molecule is CC#CCOc1ccc(C)cc1-c1nsc2ccc(-n3c(=O)cc(C(F)(F)F)n(C)c3=O)cc12. The van der Waals surface area contributed by atoms with Gasteiger partial charge in [0.15, 0.2) is 0 Å². The fourth-order valence-electron chi connectivity index (χ4n) is 3.54. The molecule has 2 aromatic heterocycles. The molecule has 0 spiro atoms. The minimum absolute atomic E-state index is 0.139. The van der Waals surface area contributed by atoms with Gasteiger partial charge in [0.05, 0.1) is 16.1 Å². The zero-order valence-electron chi connectivity index (χ0n) is 18.4. The quantitative estimate of drug-likeness (QED) is 0.398. The van der Waals surface area contributed by atoms with Crippen molar-refractivity contribution >= 4 is 21.6 Å². The zero-order valence-corrected chi connectivity index (χ0v) is 19.2. The molecule has 4 rings (SSSR count). The lowest BCUT2D eigenvalue weighted by Crippen LogP contribution is -2.40. The molecule has 0 saturated heterocycles. The summed E-state index contributed by atoms with van der Waals surface area (Å²) in [4.78, 5) is 25.3. The zero-order chi connectivity index (χ0) is 24.6. The van der Waals surface area contributed by atoms with Gasteiger partial charge in [0.25, 0.3) is 5.56 Å². The minimum atomic E-state index is -4.83. The van der Waals surface area contributed by atoms with Gasteiger partial charge in [-0.25, -0.2) is 9.36 Å². The molecule has 174 valence electrons. The maximum absolute atomic E-state index is 13.2. The van der Waals surface area contributed by atoms with Crippen LogP contribution in [0.4, 0.5) is 13.2 Å². The number of ether oxygens (including phenoxy) is 1. The molecular formula is C24H18F3N3O3S. The first-order valence-corrected chi connectivity index (χ1v) is 10.8. The number of hydrogen-bond donors (Lipinski definition) is 0. The largest absolute Gasteiger partial charge is 0.480 e. The van der Waals surface area contributed by atoms with Gasteiger partial charge in [-0.2, -0.15) is 17.5 Å². The van der Waals surface area contributed by atoms with Gasteiger partial charge >= 0.3 is 11.9 Å². The first-order chi connectivity index (χ1) is 16.1. The Balaban J connectivity index is 1.90. The Bertz CT molecular complexity index is 1590. The van der Waals surface area contributed by atoms with Crippen LogP contribution in [0, 0.1) is 18.8 Å². The Hall–Kier alpha value is -3.84. The smallest absolute Gasteiger partial charge is 0.431 e. The molecule has 0 unspecified atom stereocenters. The van der Waals surface area contributed by atoms with Crippen LogP contribution in [-0.4, -0.2) is 20.1 Å². The summed E-state index contributed by atoms with van der Waals surface area (Å²) in [5, 5.41) is 0.633. The van der Waals surface area contributed by atoms with Gasteiger partial charge in [0.1, 0.15) is 18.1 Å². The highest BCUT2D eigenvalue weighted by molar-refractivity contribution is 7.13. The molecule has 2 heterocycles. The predicted molar refractivity (Wildman–Crippen MR) is 125 cm³/mol. The Labute approximate surface area is 196 Å². The summed E-state index contributed by atoms with van der Waals surface area (Å²) in [5.41, 5.74) is -1.10. The molecule has 0 saturated carbocycles. The average Bonchev–Trinajstić information content (AvgIpc) is 3.20. The van der Waals surface area contributed by atoms with E-state index in [2.05, 4.69) is 16.2 Å². The molecule has 2 aromatic carbocycles. The fraction of sp³-hybridized carbons (Fsp3) is 0.208. The van der Waals surface area contributed by atoms with Gasteiger partial charge in [0.2, 0.25) is 0 Å². The number of rotatable bonds is 4. The highest BCUT2D eigenvalue weighted by atomic mass is 32.1. The molecule has 0 bridgehead atoms. The van der Waals surface area contributed by atoms with E-state index >= 15 is 0 Å². The van der Waals surface area contributed by atoms with Crippen LogP contribution in [-0.2, 0) is 13.2 Å². The van der Waals surface area contributed by atoms with E-state index < -0.39 is 23.1 Å². The third-order valence-electron chi connectivity index (χ3n) is 5.19. The lowest BCUT2D eigenvalue weighted by atomic mass is 10.0. The predicted octanol–water partition coefficient (Wildman–Crippen LogP) is 4.54. The van der Waals surface area contributed by atoms with Gasteiger partial charge in [-0.15, -0.1) is 5.92 Å². The minimum Gasteiger partial charge on any atom is -0.480 e. The van der Waals surface area contributed by atoms with Crippen molar-refractivity contribution in [2.45, 2.75) is 20.0 Å². The highest BCUT2D eigenvalue weighted by Gasteiger charge is 2.35. The number of fused-ring (bicyclic) bond motifs is 1. The molecule has 0 radical (unpaired) electrons. The van der Waals surface area contributed by atoms with Crippen LogP contribution in [0.2, 0.25) is 0 Å². The van der Waals surface area contributed by atoms with Gasteiger partial charge < -0.3 is 4.74 Å². The second-order valence-corrected chi connectivity index (χ2v) is 8.27. The van der Waals surface area contributed by atoms with E-state index in [4.69, 9.17) is 4.74 Å². The summed E-state index contributed by atoms with van der Waals surface area (Å²) in [6, 6.07) is 10.8. The standard InChI is InChI=1S/C24H18F3N3O3S/c1-4-5-10-33-18-8-6-14(2)11-16(18)22-17-12-15(7-9-19(17)34-28-22)30-21(31)13-20(24(25,26)27)29(3)23(30)32/h6-9,11-13H,10H2,1-3H3.